The van der Waals surface area contributed by atoms with Crippen molar-refractivity contribution in [1.29, 1.82) is 0 Å². The van der Waals surface area contributed by atoms with Gasteiger partial charge in [-0.05, 0) is 42.8 Å². The van der Waals surface area contributed by atoms with E-state index < -0.39 is 14.9 Å². The number of nitrogens with zero attached hydrogens (tertiary/aromatic N) is 2. The van der Waals surface area contributed by atoms with Crippen LogP contribution in [0, 0.1) is 10.1 Å². The Morgan fingerprint density at radius 2 is 1.94 bits per heavy atom. The summed E-state index contributed by atoms with van der Waals surface area (Å²) in [7, 11) is -2.43. The van der Waals surface area contributed by atoms with E-state index in [0.29, 0.717) is 19.0 Å². The number of sulfonamides is 1. The van der Waals surface area contributed by atoms with E-state index in [9.17, 15) is 18.5 Å². The second kappa shape index (κ2) is 11.7. The highest BCUT2D eigenvalue weighted by Crippen LogP contribution is 2.30. The van der Waals surface area contributed by atoms with Crippen molar-refractivity contribution in [1.82, 2.24) is 4.90 Å². The van der Waals surface area contributed by atoms with Crippen molar-refractivity contribution in [3.63, 3.8) is 0 Å². The Hall–Kier alpha value is -2.38. The van der Waals surface area contributed by atoms with Gasteiger partial charge in [-0.1, -0.05) is 0 Å². The molecule has 0 amide bonds. The molecular formula is C21H28N4O6S2. The molecule has 1 aliphatic rings. The maximum Gasteiger partial charge on any atom is 0.293 e. The topological polar surface area (TPSA) is 137 Å². The van der Waals surface area contributed by atoms with Gasteiger partial charge >= 0.3 is 0 Å². The molecule has 12 heteroatoms. The number of nitro benzene ring substituents is 1. The summed E-state index contributed by atoms with van der Waals surface area (Å²) in [5.74, 6) is 1.43. The van der Waals surface area contributed by atoms with Crippen LogP contribution >= 0.6 is 11.8 Å². The van der Waals surface area contributed by atoms with Gasteiger partial charge in [-0.2, -0.15) is 0 Å². The number of nitro groups is 1. The first-order valence-electron chi connectivity index (χ1n) is 10.4. The molecule has 0 unspecified atom stereocenters. The number of nitrogens with two attached hydrogens (primary N) is 1. The predicted molar refractivity (Wildman–Crippen MR) is 127 cm³/mol. The number of morpholine rings is 1. The summed E-state index contributed by atoms with van der Waals surface area (Å²) >= 11 is 1.63. The molecule has 10 nitrogen and oxygen atoms in total. The lowest BCUT2D eigenvalue weighted by Crippen LogP contribution is -2.39. The van der Waals surface area contributed by atoms with Gasteiger partial charge in [0.05, 0.1) is 30.1 Å². The smallest absolute Gasteiger partial charge is 0.293 e. The molecular weight excluding hydrogens is 468 g/mol. The molecule has 1 aliphatic heterocycles. The first-order valence-corrected chi connectivity index (χ1v) is 12.9. The summed E-state index contributed by atoms with van der Waals surface area (Å²) in [6.07, 6.45) is 0.747. The molecule has 180 valence electrons. The largest absolute Gasteiger partial charge is 0.497 e. The van der Waals surface area contributed by atoms with E-state index in [2.05, 4.69) is 10.2 Å². The lowest BCUT2D eigenvalue weighted by molar-refractivity contribution is -0.384. The number of ether oxygens (including phenoxy) is 2. The highest BCUT2D eigenvalue weighted by atomic mass is 32.2. The third kappa shape index (κ3) is 7.57. The van der Waals surface area contributed by atoms with Crippen molar-refractivity contribution >= 4 is 33.2 Å². The monoisotopic (exact) mass is 496 g/mol. The first-order chi connectivity index (χ1) is 15.8. The normalized spacial score (nSPS) is 15.7. The molecule has 0 radical (unpaired) electrons. The van der Waals surface area contributed by atoms with Crippen LogP contribution in [0.2, 0.25) is 0 Å². The highest BCUT2D eigenvalue weighted by Gasteiger charge is 2.22. The summed E-state index contributed by atoms with van der Waals surface area (Å²) in [6.45, 7) is 3.90. The second-order valence-corrected chi connectivity index (χ2v) is 10.2. The van der Waals surface area contributed by atoms with Crippen LogP contribution in [-0.2, 0) is 14.8 Å². The summed E-state index contributed by atoms with van der Waals surface area (Å²) in [5.41, 5.74) is -0.0675. The van der Waals surface area contributed by atoms with E-state index in [4.69, 9.17) is 14.6 Å². The lowest BCUT2D eigenvalue weighted by Gasteiger charge is -2.29. The van der Waals surface area contributed by atoms with Crippen molar-refractivity contribution in [3.05, 3.63) is 52.6 Å². The number of thioether (sulfide) groups is 1. The minimum atomic E-state index is -4.05. The van der Waals surface area contributed by atoms with E-state index in [-0.39, 0.29) is 22.3 Å². The van der Waals surface area contributed by atoms with Gasteiger partial charge in [-0.15, -0.1) is 11.8 Å². The van der Waals surface area contributed by atoms with Crippen LogP contribution in [0.3, 0.4) is 0 Å². The minimum Gasteiger partial charge on any atom is -0.497 e. The number of rotatable bonds is 11. The highest BCUT2D eigenvalue weighted by molar-refractivity contribution is 7.99. The van der Waals surface area contributed by atoms with Gasteiger partial charge in [0.25, 0.3) is 5.69 Å². The molecule has 1 atom stereocenters. The zero-order valence-electron chi connectivity index (χ0n) is 18.3. The Bertz CT molecular complexity index is 1040. The van der Waals surface area contributed by atoms with Crippen molar-refractivity contribution in [2.45, 2.75) is 22.3 Å². The number of hydrogen-bond donors (Lipinski definition) is 2. The molecule has 0 bridgehead atoms. The van der Waals surface area contributed by atoms with Crippen molar-refractivity contribution in [3.8, 4) is 5.75 Å². The first kappa shape index (κ1) is 25.2. The van der Waals surface area contributed by atoms with Gasteiger partial charge in [-0.3, -0.25) is 15.0 Å². The number of primary sulfonamides is 1. The van der Waals surface area contributed by atoms with Crippen LogP contribution in [0.1, 0.15) is 6.42 Å². The van der Waals surface area contributed by atoms with E-state index in [1.807, 2.05) is 24.3 Å². The van der Waals surface area contributed by atoms with Crippen LogP contribution in [-0.4, -0.2) is 70.0 Å². The van der Waals surface area contributed by atoms with Gasteiger partial charge < -0.3 is 14.8 Å². The molecule has 2 aromatic carbocycles. The maximum absolute atomic E-state index is 11.6. The molecule has 33 heavy (non-hydrogen) atoms. The van der Waals surface area contributed by atoms with Gasteiger partial charge in [0, 0.05) is 42.4 Å². The lowest BCUT2D eigenvalue weighted by atomic mass is 10.2. The van der Waals surface area contributed by atoms with Gasteiger partial charge in [0.1, 0.15) is 11.4 Å². The quantitative estimate of drug-likeness (QED) is 0.273. The molecule has 2 aromatic rings. The molecule has 3 N–H and O–H groups in total. The Morgan fingerprint density at radius 1 is 1.24 bits per heavy atom. The van der Waals surface area contributed by atoms with Crippen molar-refractivity contribution in [2.75, 3.05) is 51.0 Å². The van der Waals surface area contributed by atoms with Crippen LogP contribution in [0.4, 0.5) is 11.4 Å². The molecule has 0 aliphatic carbocycles. The minimum absolute atomic E-state index is 0.0982. The Morgan fingerprint density at radius 3 is 2.55 bits per heavy atom. The van der Waals surface area contributed by atoms with Gasteiger partial charge in [-0.25, -0.2) is 13.6 Å². The van der Waals surface area contributed by atoms with Crippen molar-refractivity contribution in [2.24, 2.45) is 5.14 Å². The van der Waals surface area contributed by atoms with Crippen LogP contribution in [0.25, 0.3) is 0 Å². The van der Waals surface area contributed by atoms with Crippen molar-refractivity contribution < 1.29 is 22.8 Å². The summed E-state index contributed by atoms with van der Waals surface area (Å²) in [6, 6.07) is 11.3. The Balaban J connectivity index is 1.76. The zero-order chi connectivity index (χ0) is 23.8. The van der Waals surface area contributed by atoms with Gasteiger partial charge in [0.2, 0.25) is 10.0 Å². The molecule has 0 saturated carbocycles. The zero-order valence-corrected chi connectivity index (χ0v) is 19.9. The number of anilines is 1. The number of nitrogens with one attached hydrogen (secondary N) is 1. The summed E-state index contributed by atoms with van der Waals surface area (Å²) in [5, 5.41) is 20.0. The molecule has 1 saturated heterocycles. The summed E-state index contributed by atoms with van der Waals surface area (Å²) in [4.78, 5) is 14.1. The predicted octanol–water partition coefficient (Wildman–Crippen LogP) is 2.55. The number of methoxy groups -OCH3 is 1. The van der Waals surface area contributed by atoms with E-state index in [1.54, 1.807) is 18.9 Å². The standard InChI is InChI=1S/C21H28N4O6S2/c1-30-17-2-4-18(5-3-17)32-15-16(8-9-24-10-12-31-13-11-24)23-20-7-6-19(33(22,28)29)14-21(20)25(26)27/h2-7,14,16,23H,8-13,15H2,1H3,(H2,22,28,29)/t16-/m1/s1. The van der Waals surface area contributed by atoms with Crippen LogP contribution < -0.4 is 15.2 Å². The van der Waals surface area contributed by atoms with Crippen LogP contribution in [0.15, 0.2) is 52.3 Å². The average molecular weight is 497 g/mol. The average Bonchev–Trinajstić information content (AvgIpc) is 2.81. The third-order valence-corrected chi connectivity index (χ3v) is 7.35. The fraction of sp³-hybridized carbons (Fsp3) is 0.429. The summed E-state index contributed by atoms with van der Waals surface area (Å²) < 4.78 is 33.9. The van der Waals surface area contributed by atoms with E-state index >= 15 is 0 Å². The fourth-order valence-electron chi connectivity index (χ4n) is 3.41. The fourth-order valence-corrected chi connectivity index (χ4v) is 4.92. The molecule has 1 fully saturated rings. The second-order valence-electron chi connectivity index (χ2n) is 7.55. The van der Waals surface area contributed by atoms with E-state index in [1.165, 1.54) is 12.1 Å². The SMILES string of the molecule is COc1ccc(SC[C@@H](CCN2CCOCC2)Nc2ccc(S(N)(=O)=O)cc2[N+](=O)[O-])cc1. The van der Waals surface area contributed by atoms with Crippen LogP contribution in [0.5, 0.6) is 5.75 Å². The number of hydrogen-bond acceptors (Lipinski definition) is 9. The Kier molecular flexibility index (Phi) is 8.92. The molecule has 1 heterocycles. The molecule has 0 spiro atoms. The third-order valence-electron chi connectivity index (χ3n) is 5.26. The molecule has 3 rings (SSSR count). The molecule has 0 aromatic heterocycles. The maximum atomic E-state index is 11.6. The Labute approximate surface area is 197 Å². The van der Waals surface area contributed by atoms with Gasteiger partial charge in [0.15, 0.2) is 0 Å². The van der Waals surface area contributed by atoms with E-state index in [0.717, 1.165) is 42.8 Å². The number of benzene rings is 2.